The maximum Gasteiger partial charge on any atom is 0.0750 e. The number of ether oxygens (including phenoxy) is 1. The van der Waals surface area contributed by atoms with Crippen LogP contribution in [0.5, 0.6) is 0 Å². The summed E-state index contributed by atoms with van der Waals surface area (Å²) in [6.07, 6.45) is 4.28. The molecule has 56 valence electrons. The van der Waals surface area contributed by atoms with E-state index < -0.39 is 0 Å². The van der Waals surface area contributed by atoms with E-state index in [1.54, 1.807) is 0 Å². The van der Waals surface area contributed by atoms with E-state index in [2.05, 4.69) is 12.2 Å². The zero-order valence-electron chi connectivity index (χ0n) is 6.03. The normalized spacial score (nSPS) is 49.4. The van der Waals surface area contributed by atoms with Crippen LogP contribution in [-0.4, -0.2) is 23.9 Å². The minimum atomic E-state index is -0.142. The molecule has 3 aliphatic rings. The molecule has 0 aliphatic heterocycles. The SMILES string of the molecule is CCOC1C2C=CC1C2O. The summed E-state index contributed by atoms with van der Waals surface area (Å²) in [5, 5.41) is 9.30. The van der Waals surface area contributed by atoms with Gasteiger partial charge in [0.15, 0.2) is 0 Å². The van der Waals surface area contributed by atoms with Crippen molar-refractivity contribution in [1.82, 2.24) is 0 Å². The Labute approximate surface area is 60.5 Å². The van der Waals surface area contributed by atoms with Gasteiger partial charge in [0.1, 0.15) is 0 Å². The maximum atomic E-state index is 9.30. The van der Waals surface area contributed by atoms with Gasteiger partial charge in [0, 0.05) is 18.4 Å². The second-order valence-electron chi connectivity index (χ2n) is 2.95. The molecule has 0 aromatic rings. The van der Waals surface area contributed by atoms with Gasteiger partial charge in [0.2, 0.25) is 0 Å². The smallest absolute Gasteiger partial charge is 0.0750 e. The van der Waals surface area contributed by atoms with Crippen LogP contribution in [0.25, 0.3) is 0 Å². The van der Waals surface area contributed by atoms with Crippen molar-refractivity contribution in [2.45, 2.75) is 19.1 Å². The van der Waals surface area contributed by atoms with E-state index in [1.807, 2.05) is 6.92 Å². The monoisotopic (exact) mass is 140 g/mol. The van der Waals surface area contributed by atoms with Crippen LogP contribution in [0.15, 0.2) is 12.2 Å². The van der Waals surface area contributed by atoms with Crippen molar-refractivity contribution in [2.24, 2.45) is 11.8 Å². The second-order valence-corrected chi connectivity index (χ2v) is 2.95. The van der Waals surface area contributed by atoms with Gasteiger partial charge in [-0.05, 0) is 6.92 Å². The third kappa shape index (κ3) is 0.607. The molecule has 2 atom stereocenters. The molecule has 2 heteroatoms. The Morgan fingerprint density at radius 3 is 2.40 bits per heavy atom. The van der Waals surface area contributed by atoms with Gasteiger partial charge in [-0.3, -0.25) is 0 Å². The van der Waals surface area contributed by atoms with Crippen LogP contribution in [0.3, 0.4) is 0 Å². The van der Waals surface area contributed by atoms with Gasteiger partial charge in [-0.2, -0.15) is 0 Å². The van der Waals surface area contributed by atoms with Crippen LogP contribution >= 0.6 is 0 Å². The molecule has 1 saturated carbocycles. The van der Waals surface area contributed by atoms with Gasteiger partial charge in [0.25, 0.3) is 0 Å². The van der Waals surface area contributed by atoms with Gasteiger partial charge in [-0.25, -0.2) is 0 Å². The van der Waals surface area contributed by atoms with E-state index in [-0.39, 0.29) is 6.10 Å². The van der Waals surface area contributed by atoms with Gasteiger partial charge < -0.3 is 9.84 Å². The first-order valence-electron chi connectivity index (χ1n) is 3.82. The lowest BCUT2D eigenvalue weighted by Gasteiger charge is -2.40. The van der Waals surface area contributed by atoms with Crippen molar-refractivity contribution in [3.8, 4) is 0 Å². The quantitative estimate of drug-likeness (QED) is 0.568. The third-order valence-electron chi connectivity index (χ3n) is 2.46. The molecule has 1 fully saturated rings. The number of aliphatic hydroxyl groups excluding tert-OH is 1. The molecular formula is C8H12O2. The molecule has 0 amide bonds. The van der Waals surface area contributed by atoms with Gasteiger partial charge in [-0.1, -0.05) is 12.2 Å². The van der Waals surface area contributed by atoms with E-state index in [0.29, 0.717) is 17.9 Å². The minimum absolute atomic E-state index is 0.142. The first-order valence-corrected chi connectivity index (χ1v) is 3.82. The lowest BCUT2D eigenvalue weighted by atomic mass is 9.76. The summed E-state index contributed by atoms with van der Waals surface area (Å²) in [7, 11) is 0. The van der Waals surface area contributed by atoms with E-state index in [0.717, 1.165) is 6.61 Å². The molecule has 0 spiro atoms. The van der Waals surface area contributed by atoms with Crippen molar-refractivity contribution in [1.29, 1.82) is 0 Å². The fraction of sp³-hybridized carbons (Fsp3) is 0.750. The summed E-state index contributed by atoms with van der Waals surface area (Å²) < 4.78 is 5.41. The van der Waals surface area contributed by atoms with Crippen LogP contribution in [0.2, 0.25) is 0 Å². The predicted molar refractivity (Wildman–Crippen MR) is 37.5 cm³/mol. The summed E-state index contributed by atoms with van der Waals surface area (Å²) in [5.41, 5.74) is 0. The molecule has 3 rings (SSSR count). The molecular weight excluding hydrogens is 128 g/mol. The number of aliphatic hydroxyl groups is 1. The highest BCUT2D eigenvalue weighted by atomic mass is 16.5. The molecule has 0 aromatic carbocycles. The number of hydrogen-bond donors (Lipinski definition) is 1. The van der Waals surface area contributed by atoms with Gasteiger partial charge in [-0.15, -0.1) is 0 Å². The standard InChI is InChI=1S/C8H12O2/c1-2-10-8-5-3-4-6(8)7(5)9/h3-9H,2H2,1H3. The Kier molecular flexibility index (Phi) is 1.32. The van der Waals surface area contributed by atoms with Crippen molar-refractivity contribution < 1.29 is 9.84 Å². The van der Waals surface area contributed by atoms with Crippen molar-refractivity contribution >= 4 is 0 Å². The minimum Gasteiger partial charge on any atom is -0.392 e. The molecule has 0 saturated heterocycles. The van der Waals surface area contributed by atoms with Gasteiger partial charge in [0.05, 0.1) is 12.2 Å². The summed E-state index contributed by atoms with van der Waals surface area (Å²) in [4.78, 5) is 0. The molecule has 3 aliphatic carbocycles. The molecule has 2 bridgehead atoms. The molecule has 0 heterocycles. The Morgan fingerprint density at radius 2 is 2.00 bits per heavy atom. The van der Waals surface area contributed by atoms with Crippen LogP contribution in [0.1, 0.15) is 6.92 Å². The lowest BCUT2D eigenvalue weighted by molar-refractivity contribution is -0.127. The third-order valence-corrected chi connectivity index (χ3v) is 2.46. The largest absolute Gasteiger partial charge is 0.392 e. The Hall–Kier alpha value is -0.340. The average Bonchev–Trinajstić information content (AvgIpc) is 2.48. The van der Waals surface area contributed by atoms with E-state index in [9.17, 15) is 5.11 Å². The van der Waals surface area contributed by atoms with Crippen molar-refractivity contribution in [3.63, 3.8) is 0 Å². The first kappa shape index (κ1) is 6.38. The lowest BCUT2D eigenvalue weighted by Crippen LogP contribution is -2.50. The molecule has 2 nitrogen and oxygen atoms in total. The van der Waals surface area contributed by atoms with Crippen LogP contribution in [-0.2, 0) is 4.74 Å². The maximum absolute atomic E-state index is 9.30. The Morgan fingerprint density at radius 1 is 1.40 bits per heavy atom. The molecule has 0 aromatic heterocycles. The Balaban J connectivity index is 1.96. The predicted octanol–water partition coefficient (Wildman–Crippen LogP) is 0.568. The van der Waals surface area contributed by atoms with Gasteiger partial charge >= 0.3 is 0 Å². The van der Waals surface area contributed by atoms with E-state index in [1.165, 1.54) is 0 Å². The van der Waals surface area contributed by atoms with E-state index >= 15 is 0 Å². The summed E-state index contributed by atoms with van der Waals surface area (Å²) in [5.74, 6) is 0.592. The molecule has 0 radical (unpaired) electrons. The topological polar surface area (TPSA) is 29.5 Å². The highest BCUT2D eigenvalue weighted by molar-refractivity contribution is 5.22. The fourth-order valence-electron chi connectivity index (χ4n) is 1.87. The zero-order valence-corrected chi connectivity index (χ0v) is 6.03. The van der Waals surface area contributed by atoms with Crippen LogP contribution in [0, 0.1) is 11.8 Å². The summed E-state index contributed by atoms with van der Waals surface area (Å²) >= 11 is 0. The fourth-order valence-corrected chi connectivity index (χ4v) is 1.87. The highest BCUT2D eigenvalue weighted by Gasteiger charge is 2.51. The number of hydrogen-bond acceptors (Lipinski definition) is 2. The average molecular weight is 140 g/mol. The van der Waals surface area contributed by atoms with Crippen molar-refractivity contribution in [3.05, 3.63) is 12.2 Å². The zero-order chi connectivity index (χ0) is 7.14. The molecule has 10 heavy (non-hydrogen) atoms. The Bertz CT molecular complexity index is 151. The number of rotatable bonds is 2. The molecule has 1 N–H and O–H groups in total. The summed E-state index contributed by atoms with van der Waals surface area (Å²) in [6, 6.07) is 0. The van der Waals surface area contributed by atoms with E-state index in [4.69, 9.17) is 4.74 Å². The first-order chi connectivity index (χ1) is 4.84. The van der Waals surface area contributed by atoms with Crippen LogP contribution in [0.4, 0.5) is 0 Å². The molecule has 2 unspecified atom stereocenters. The van der Waals surface area contributed by atoms with Crippen LogP contribution < -0.4 is 0 Å². The highest BCUT2D eigenvalue weighted by Crippen LogP contribution is 2.44. The summed E-state index contributed by atoms with van der Waals surface area (Å²) in [6.45, 7) is 2.75. The van der Waals surface area contributed by atoms with Crippen molar-refractivity contribution in [2.75, 3.05) is 6.61 Å². The second kappa shape index (κ2) is 2.07.